The third-order valence-corrected chi connectivity index (χ3v) is 4.86. The number of carbonyl (C=O) groups is 2. The Morgan fingerprint density at radius 3 is 1.42 bits per heavy atom. The Balaban J connectivity index is 3.30. The molecule has 26 heavy (non-hydrogen) atoms. The minimum absolute atomic E-state index is 0.0727. The largest absolute Gasteiger partial charge is 0.481 e. The van der Waals surface area contributed by atoms with E-state index in [0.29, 0.717) is 0 Å². The van der Waals surface area contributed by atoms with E-state index < -0.39 is 17.9 Å². The van der Waals surface area contributed by atoms with Crippen molar-refractivity contribution in [2.24, 2.45) is 5.92 Å². The fraction of sp³-hybridized carbons (Fsp3) is 0.818. The molecule has 0 spiro atoms. The van der Waals surface area contributed by atoms with Gasteiger partial charge in [-0.05, 0) is 19.3 Å². The first-order valence-electron chi connectivity index (χ1n) is 10.7. The highest BCUT2D eigenvalue weighted by molar-refractivity contribution is 5.92. The summed E-state index contributed by atoms with van der Waals surface area (Å²) in [5.74, 6) is -3.85. The maximum absolute atomic E-state index is 10.7. The van der Waals surface area contributed by atoms with Gasteiger partial charge < -0.3 is 10.2 Å². The van der Waals surface area contributed by atoms with Gasteiger partial charge in [0.25, 0.3) is 0 Å². The van der Waals surface area contributed by atoms with E-state index in [0.717, 1.165) is 12.8 Å². The molecule has 0 unspecified atom stereocenters. The summed E-state index contributed by atoms with van der Waals surface area (Å²) < 4.78 is 0. The Kier molecular flexibility index (Phi) is 17.5. The standard InChI is InChI=1S/C22H40O4/c1-2-3-4-5-6-7-8-9-10-11-12-13-14-15-16-17-18-19-20(21(23)24)22(25)26/h17-18,20H,2-16,19H2,1H3,(H,23,24)(H,25,26)/b18-17-. The Bertz CT molecular complexity index is 362. The summed E-state index contributed by atoms with van der Waals surface area (Å²) in [4.78, 5) is 21.5. The molecule has 0 saturated heterocycles. The average Bonchev–Trinajstić information content (AvgIpc) is 2.60. The van der Waals surface area contributed by atoms with Gasteiger partial charge in [-0.15, -0.1) is 0 Å². The molecule has 0 fully saturated rings. The number of carboxylic acid groups (broad SMARTS) is 2. The predicted molar refractivity (Wildman–Crippen MR) is 107 cm³/mol. The second-order valence-corrected chi connectivity index (χ2v) is 7.32. The topological polar surface area (TPSA) is 74.6 Å². The fourth-order valence-corrected chi connectivity index (χ4v) is 3.11. The van der Waals surface area contributed by atoms with E-state index >= 15 is 0 Å². The number of unbranched alkanes of at least 4 members (excludes halogenated alkanes) is 14. The van der Waals surface area contributed by atoms with Crippen LogP contribution in [0.2, 0.25) is 0 Å². The molecule has 0 heterocycles. The summed E-state index contributed by atoms with van der Waals surface area (Å²) in [5, 5.41) is 17.5. The Labute approximate surface area is 160 Å². The van der Waals surface area contributed by atoms with Crippen LogP contribution in [0.4, 0.5) is 0 Å². The molecule has 2 N–H and O–H groups in total. The van der Waals surface area contributed by atoms with Crippen molar-refractivity contribution >= 4 is 11.9 Å². The van der Waals surface area contributed by atoms with E-state index in [4.69, 9.17) is 10.2 Å². The van der Waals surface area contributed by atoms with E-state index in [-0.39, 0.29) is 6.42 Å². The smallest absolute Gasteiger partial charge is 0.318 e. The molecule has 0 aromatic carbocycles. The third-order valence-electron chi connectivity index (χ3n) is 4.86. The molecule has 0 aliphatic carbocycles. The molecule has 0 saturated carbocycles. The zero-order chi connectivity index (χ0) is 19.5. The van der Waals surface area contributed by atoms with Crippen molar-refractivity contribution in [1.82, 2.24) is 0 Å². The van der Waals surface area contributed by atoms with Crippen molar-refractivity contribution in [3.8, 4) is 0 Å². The monoisotopic (exact) mass is 368 g/mol. The summed E-state index contributed by atoms with van der Waals surface area (Å²) in [6, 6.07) is 0. The first-order valence-corrected chi connectivity index (χ1v) is 10.7. The Morgan fingerprint density at radius 1 is 0.654 bits per heavy atom. The van der Waals surface area contributed by atoms with Gasteiger partial charge in [-0.25, -0.2) is 0 Å². The maximum Gasteiger partial charge on any atom is 0.318 e. The van der Waals surface area contributed by atoms with E-state index in [1.807, 2.05) is 6.08 Å². The number of rotatable bonds is 19. The normalized spacial score (nSPS) is 11.5. The Morgan fingerprint density at radius 2 is 1.04 bits per heavy atom. The quantitative estimate of drug-likeness (QED) is 0.153. The van der Waals surface area contributed by atoms with Gasteiger partial charge in [-0.2, -0.15) is 0 Å². The van der Waals surface area contributed by atoms with Crippen LogP contribution in [-0.4, -0.2) is 22.2 Å². The highest BCUT2D eigenvalue weighted by Crippen LogP contribution is 2.13. The molecule has 0 radical (unpaired) electrons. The number of hydrogen-bond donors (Lipinski definition) is 2. The summed E-state index contributed by atoms with van der Waals surface area (Å²) in [6.07, 6.45) is 23.3. The molecule has 0 amide bonds. The van der Waals surface area contributed by atoms with Gasteiger partial charge in [-0.1, -0.05) is 103 Å². The molecule has 4 heteroatoms. The van der Waals surface area contributed by atoms with Crippen LogP contribution in [0.3, 0.4) is 0 Å². The number of allylic oxidation sites excluding steroid dienone is 2. The lowest BCUT2D eigenvalue weighted by molar-refractivity contribution is -0.154. The molecule has 0 bridgehead atoms. The van der Waals surface area contributed by atoms with Crippen molar-refractivity contribution in [2.75, 3.05) is 0 Å². The second kappa shape index (κ2) is 18.5. The molecule has 152 valence electrons. The minimum Gasteiger partial charge on any atom is -0.481 e. The fourth-order valence-electron chi connectivity index (χ4n) is 3.11. The van der Waals surface area contributed by atoms with E-state index in [1.165, 1.54) is 83.5 Å². The minimum atomic E-state index is -1.32. The van der Waals surface area contributed by atoms with Gasteiger partial charge in [0.1, 0.15) is 0 Å². The molecule has 0 rings (SSSR count). The highest BCUT2D eigenvalue weighted by atomic mass is 16.4. The molecule has 0 aromatic heterocycles. The van der Waals surface area contributed by atoms with E-state index in [9.17, 15) is 9.59 Å². The van der Waals surface area contributed by atoms with Gasteiger partial charge in [0.2, 0.25) is 0 Å². The summed E-state index contributed by atoms with van der Waals surface area (Å²) in [5.41, 5.74) is 0. The maximum atomic E-state index is 10.7. The lowest BCUT2D eigenvalue weighted by Crippen LogP contribution is -2.22. The number of carboxylic acids is 2. The van der Waals surface area contributed by atoms with Crippen LogP contribution in [0.5, 0.6) is 0 Å². The average molecular weight is 369 g/mol. The van der Waals surface area contributed by atoms with Gasteiger partial charge in [0.15, 0.2) is 5.92 Å². The summed E-state index contributed by atoms with van der Waals surface area (Å²) >= 11 is 0. The van der Waals surface area contributed by atoms with Crippen LogP contribution in [0.25, 0.3) is 0 Å². The predicted octanol–water partition coefficient (Wildman–Crippen LogP) is 6.59. The van der Waals surface area contributed by atoms with Crippen molar-refractivity contribution in [3.63, 3.8) is 0 Å². The van der Waals surface area contributed by atoms with Gasteiger partial charge >= 0.3 is 11.9 Å². The van der Waals surface area contributed by atoms with Crippen LogP contribution in [0.1, 0.15) is 110 Å². The van der Waals surface area contributed by atoms with Crippen LogP contribution in [-0.2, 0) is 9.59 Å². The molecule has 0 atom stereocenters. The van der Waals surface area contributed by atoms with Crippen molar-refractivity contribution in [1.29, 1.82) is 0 Å². The molecule has 0 aliphatic heterocycles. The summed E-state index contributed by atoms with van der Waals surface area (Å²) in [7, 11) is 0. The zero-order valence-corrected chi connectivity index (χ0v) is 16.8. The molecule has 0 aromatic rings. The first kappa shape index (κ1) is 24.7. The second-order valence-electron chi connectivity index (χ2n) is 7.32. The lowest BCUT2D eigenvalue weighted by atomic mass is 10.0. The van der Waals surface area contributed by atoms with Crippen molar-refractivity contribution < 1.29 is 19.8 Å². The Hall–Kier alpha value is -1.32. The first-order chi connectivity index (χ1) is 12.6. The van der Waals surface area contributed by atoms with E-state index in [1.54, 1.807) is 6.08 Å². The molecular weight excluding hydrogens is 328 g/mol. The lowest BCUT2D eigenvalue weighted by Gasteiger charge is -2.03. The molecule has 0 aliphatic rings. The van der Waals surface area contributed by atoms with Crippen LogP contribution in [0, 0.1) is 5.92 Å². The highest BCUT2D eigenvalue weighted by Gasteiger charge is 2.23. The SMILES string of the molecule is CCCCCCCCCCCCCCCC/C=C\CC(C(=O)O)C(=O)O. The third kappa shape index (κ3) is 16.2. The van der Waals surface area contributed by atoms with Crippen molar-refractivity contribution in [2.45, 2.75) is 110 Å². The number of hydrogen-bond acceptors (Lipinski definition) is 2. The van der Waals surface area contributed by atoms with Gasteiger partial charge in [0, 0.05) is 0 Å². The van der Waals surface area contributed by atoms with Gasteiger partial charge in [-0.3, -0.25) is 9.59 Å². The van der Waals surface area contributed by atoms with Crippen LogP contribution >= 0.6 is 0 Å². The molecule has 4 nitrogen and oxygen atoms in total. The molecular formula is C22H40O4. The number of aliphatic carboxylic acids is 2. The van der Waals surface area contributed by atoms with Gasteiger partial charge in [0.05, 0.1) is 0 Å². The van der Waals surface area contributed by atoms with Crippen molar-refractivity contribution in [3.05, 3.63) is 12.2 Å². The zero-order valence-electron chi connectivity index (χ0n) is 16.8. The van der Waals surface area contributed by atoms with E-state index in [2.05, 4.69) is 6.92 Å². The summed E-state index contributed by atoms with van der Waals surface area (Å²) in [6.45, 7) is 2.26. The van der Waals surface area contributed by atoms with Crippen LogP contribution < -0.4 is 0 Å². The van der Waals surface area contributed by atoms with Crippen LogP contribution in [0.15, 0.2) is 12.2 Å².